The summed E-state index contributed by atoms with van der Waals surface area (Å²) in [6, 6.07) is 53.2. The van der Waals surface area contributed by atoms with Crippen LogP contribution in [0.2, 0.25) is 0 Å². The Hall–Kier alpha value is -5.20. The summed E-state index contributed by atoms with van der Waals surface area (Å²) in [6.07, 6.45) is 9.29. The Morgan fingerprint density at radius 1 is 0.488 bits per heavy atom. The zero-order valence-corrected chi connectivity index (χ0v) is 24.2. The second-order valence-corrected chi connectivity index (χ2v) is 11.9. The zero-order valence-electron chi connectivity index (χ0n) is 24.2. The molecule has 6 aromatic rings. The van der Waals surface area contributed by atoms with Crippen molar-refractivity contribution in [3.05, 3.63) is 191 Å². The Morgan fingerprint density at radius 3 is 1.91 bits per heavy atom. The van der Waals surface area contributed by atoms with Gasteiger partial charge in [-0.2, -0.15) is 0 Å². The molecule has 0 amide bonds. The predicted molar refractivity (Wildman–Crippen MR) is 182 cm³/mol. The van der Waals surface area contributed by atoms with Gasteiger partial charge in [0.15, 0.2) is 0 Å². The predicted octanol–water partition coefficient (Wildman–Crippen LogP) is 9.33. The Balaban J connectivity index is 1.33. The molecule has 0 aliphatic heterocycles. The van der Waals surface area contributed by atoms with Crippen molar-refractivity contribution in [2.24, 2.45) is 11.3 Å². The molecule has 0 radical (unpaired) electrons. The largest absolute Gasteiger partial charge is 0.0758 e. The summed E-state index contributed by atoms with van der Waals surface area (Å²) in [5.74, 6) is 0.216. The lowest BCUT2D eigenvalue weighted by atomic mass is 9.60. The number of fused-ring (bicyclic) bond motifs is 3. The van der Waals surface area contributed by atoms with Crippen LogP contribution in [0.3, 0.4) is 0 Å². The quantitative estimate of drug-likeness (QED) is 0.206. The molecule has 0 aromatic heterocycles. The molecule has 0 spiro atoms. The number of benzene rings is 6. The van der Waals surface area contributed by atoms with Gasteiger partial charge in [-0.1, -0.05) is 171 Å². The van der Waals surface area contributed by atoms with Crippen LogP contribution < -0.4 is 10.4 Å². The molecule has 2 aliphatic carbocycles. The Kier molecular flexibility index (Phi) is 6.09. The smallest absolute Gasteiger partial charge is 0.0223 e. The SMILES string of the molecule is CC12C=CC=CC1C(c1ccc(-c3cccc(-c4ccccc4)c3)cc1)=c1ccccc1=C2c1cccc2ccccc12. The maximum Gasteiger partial charge on any atom is 0.0223 e. The molecular weight excluding hydrogens is 516 g/mol. The van der Waals surface area contributed by atoms with E-state index in [1.807, 2.05) is 0 Å². The van der Waals surface area contributed by atoms with Crippen molar-refractivity contribution in [1.82, 2.24) is 0 Å². The van der Waals surface area contributed by atoms with Gasteiger partial charge in [0.05, 0.1) is 0 Å². The first-order valence-electron chi connectivity index (χ1n) is 15.2. The van der Waals surface area contributed by atoms with E-state index in [2.05, 4.69) is 177 Å². The number of hydrogen-bond donors (Lipinski definition) is 0. The second kappa shape index (κ2) is 10.3. The standard InChI is InChI=1S/C43H32/c1-43-28-10-9-23-40(43)41(33-26-24-31(25-27-33)35-18-11-17-34(29-35)30-13-3-2-4-14-30)37-20-7-8-21-39(37)42(43)38-22-12-16-32-15-5-6-19-36(32)38/h2-29,40H,1H3. The fourth-order valence-electron chi connectivity index (χ4n) is 7.33. The minimum absolute atomic E-state index is 0.189. The van der Waals surface area contributed by atoms with E-state index in [1.165, 1.54) is 65.7 Å². The molecular formula is C43H32. The van der Waals surface area contributed by atoms with Crippen LogP contribution in [0.1, 0.15) is 18.1 Å². The molecule has 2 aliphatic rings. The van der Waals surface area contributed by atoms with Gasteiger partial charge in [-0.25, -0.2) is 0 Å². The third-order valence-electron chi connectivity index (χ3n) is 9.40. The molecule has 43 heavy (non-hydrogen) atoms. The highest BCUT2D eigenvalue weighted by Gasteiger charge is 2.41. The van der Waals surface area contributed by atoms with Gasteiger partial charge in [-0.05, 0) is 71.8 Å². The van der Waals surface area contributed by atoms with Gasteiger partial charge in [0.1, 0.15) is 0 Å². The topological polar surface area (TPSA) is 0 Å². The van der Waals surface area contributed by atoms with E-state index < -0.39 is 0 Å². The fourth-order valence-corrected chi connectivity index (χ4v) is 7.33. The number of rotatable bonds is 4. The maximum atomic E-state index is 2.42. The molecule has 8 rings (SSSR count). The maximum absolute atomic E-state index is 2.42. The van der Waals surface area contributed by atoms with E-state index >= 15 is 0 Å². The highest BCUT2D eigenvalue weighted by Crippen LogP contribution is 2.50. The number of allylic oxidation sites excluding steroid dienone is 4. The van der Waals surface area contributed by atoms with Crippen LogP contribution in [-0.4, -0.2) is 0 Å². The van der Waals surface area contributed by atoms with Crippen molar-refractivity contribution in [2.75, 3.05) is 0 Å². The summed E-state index contributed by atoms with van der Waals surface area (Å²) in [5, 5.41) is 5.24. The van der Waals surface area contributed by atoms with Gasteiger partial charge >= 0.3 is 0 Å². The first kappa shape index (κ1) is 25.5. The van der Waals surface area contributed by atoms with Crippen molar-refractivity contribution >= 4 is 21.9 Å². The molecule has 0 saturated carbocycles. The van der Waals surface area contributed by atoms with Gasteiger partial charge in [0, 0.05) is 11.3 Å². The van der Waals surface area contributed by atoms with Crippen molar-refractivity contribution in [3.63, 3.8) is 0 Å². The summed E-state index contributed by atoms with van der Waals surface area (Å²) < 4.78 is 0. The first-order valence-corrected chi connectivity index (χ1v) is 15.2. The molecule has 2 atom stereocenters. The molecule has 0 N–H and O–H groups in total. The van der Waals surface area contributed by atoms with E-state index in [-0.39, 0.29) is 11.3 Å². The molecule has 0 nitrogen and oxygen atoms in total. The van der Waals surface area contributed by atoms with Gasteiger partial charge in [-0.3, -0.25) is 0 Å². The highest BCUT2D eigenvalue weighted by atomic mass is 14.4. The average molecular weight is 549 g/mol. The molecule has 0 heterocycles. The van der Waals surface area contributed by atoms with Crippen molar-refractivity contribution in [3.8, 4) is 22.3 Å². The molecule has 0 heteroatoms. The fraction of sp³-hybridized carbons (Fsp3) is 0.0698. The van der Waals surface area contributed by atoms with Gasteiger partial charge in [-0.15, -0.1) is 0 Å². The summed E-state index contributed by atoms with van der Waals surface area (Å²) in [5.41, 5.74) is 10.2. The average Bonchev–Trinajstić information content (AvgIpc) is 3.07. The third-order valence-corrected chi connectivity index (χ3v) is 9.40. The van der Waals surface area contributed by atoms with Crippen molar-refractivity contribution in [1.29, 1.82) is 0 Å². The van der Waals surface area contributed by atoms with Gasteiger partial charge in [0.2, 0.25) is 0 Å². The molecule has 0 bridgehead atoms. The van der Waals surface area contributed by atoms with Crippen molar-refractivity contribution in [2.45, 2.75) is 6.92 Å². The van der Waals surface area contributed by atoms with E-state index in [0.29, 0.717) is 0 Å². The highest BCUT2D eigenvalue weighted by molar-refractivity contribution is 5.97. The number of hydrogen-bond acceptors (Lipinski definition) is 0. The molecule has 0 saturated heterocycles. The third kappa shape index (κ3) is 4.22. The van der Waals surface area contributed by atoms with E-state index in [0.717, 1.165) is 0 Å². The van der Waals surface area contributed by atoms with Gasteiger partial charge < -0.3 is 0 Å². The summed E-state index contributed by atoms with van der Waals surface area (Å²) >= 11 is 0. The summed E-state index contributed by atoms with van der Waals surface area (Å²) in [4.78, 5) is 0. The second-order valence-electron chi connectivity index (χ2n) is 11.9. The van der Waals surface area contributed by atoms with Crippen LogP contribution in [0.5, 0.6) is 0 Å². The summed E-state index contributed by atoms with van der Waals surface area (Å²) in [7, 11) is 0. The Labute approximate surface area is 253 Å². The lowest BCUT2D eigenvalue weighted by molar-refractivity contribution is 0.479. The monoisotopic (exact) mass is 548 g/mol. The molecule has 204 valence electrons. The Bertz CT molecular complexity index is 2170. The lowest BCUT2D eigenvalue weighted by Gasteiger charge is -2.42. The zero-order chi connectivity index (χ0) is 28.8. The van der Waals surface area contributed by atoms with E-state index in [4.69, 9.17) is 0 Å². The Morgan fingerprint density at radius 2 is 1.09 bits per heavy atom. The van der Waals surface area contributed by atoms with Crippen LogP contribution in [0.4, 0.5) is 0 Å². The van der Waals surface area contributed by atoms with Crippen LogP contribution in [0.15, 0.2) is 170 Å². The van der Waals surface area contributed by atoms with Crippen LogP contribution >= 0.6 is 0 Å². The normalized spacial score (nSPS) is 18.9. The van der Waals surface area contributed by atoms with Crippen molar-refractivity contribution < 1.29 is 0 Å². The molecule has 0 fully saturated rings. The summed E-state index contributed by atoms with van der Waals surface area (Å²) in [6.45, 7) is 2.42. The van der Waals surface area contributed by atoms with Crippen LogP contribution in [-0.2, 0) is 0 Å². The van der Waals surface area contributed by atoms with Crippen LogP contribution in [0.25, 0.3) is 44.2 Å². The van der Waals surface area contributed by atoms with E-state index in [1.54, 1.807) is 0 Å². The van der Waals surface area contributed by atoms with Gasteiger partial charge in [0.25, 0.3) is 0 Å². The minimum atomic E-state index is -0.189. The lowest BCUT2D eigenvalue weighted by Crippen LogP contribution is -2.45. The molecule has 6 aromatic carbocycles. The molecule has 2 unspecified atom stereocenters. The van der Waals surface area contributed by atoms with E-state index in [9.17, 15) is 0 Å². The van der Waals surface area contributed by atoms with Crippen LogP contribution in [0, 0.1) is 11.3 Å². The minimum Gasteiger partial charge on any atom is -0.0758 e. The first-order chi connectivity index (χ1) is 21.2.